The Kier molecular flexibility index (Phi) is 2.80. The number of isocyanates is 1. The summed E-state index contributed by atoms with van der Waals surface area (Å²) in [6.45, 7) is 1.15. The molecule has 1 aliphatic carbocycles. The van der Waals surface area contributed by atoms with Gasteiger partial charge in [0.2, 0.25) is 6.08 Å². The maximum absolute atomic E-state index is 10.6. The summed E-state index contributed by atoms with van der Waals surface area (Å²) in [5, 5.41) is 0. The van der Waals surface area contributed by atoms with E-state index >= 15 is 0 Å². The summed E-state index contributed by atoms with van der Waals surface area (Å²) in [5.41, 5.74) is 0.693. The van der Waals surface area contributed by atoms with Gasteiger partial charge in [-0.05, 0) is 36.8 Å². The molecule has 2 aliphatic rings. The second kappa shape index (κ2) is 4.34. The summed E-state index contributed by atoms with van der Waals surface area (Å²) < 4.78 is 11.2. The topological polar surface area (TPSA) is 47.9 Å². The van der Waals surface area contributed by atoms with E-state index in [4.69, 9.17) is 9.47 Å². The van der Waals surface area contributed by atoms with Gasteiger partial charge in [-0.25, -0.2) is 4.79 Å². The summed E-state index contributed by atoms with van der Waals surface area (Å²) in [4.78, 5) is 15.6. The Morgan fingerprint density at radius 2 is 1.94 bits per heavy atom. The van der Waals surface area contributed by atoms with E-state index in [2.05, 4.69) is 4.99 Å². The molecule has 3 rings (SSSR count). The number of nitrogens with zero attached hydrogens (tertiary/aromatic N) is 1. The number of fused-ring (bicyclic) bond motifs is 1. The summed E-state index contributed by atoms with van der Waals surface area (Å²) in [5.74, 6) is 1.53. The van der Waals surface area contributed by atoms with Crippen molar-refractivity contribution in [1.29, 1.82) is 0 Å². The Bertz CT molecular complexity index is 533. The van der Waals surface area contributed by atoms with Crippen molar-refractivity contribution in [2.75, 3.05) is 19.5 Å². The van der Waals surface area contributed by atoms with Crippen LogP contribution in [0.15, 0.2) is 22.0 Å². The largest absolute Gasteiger partial charge is 0.486 e. The third-order valence-electron chi connectivity index (χ3n) is 3.35. The highest BCUT2D eigenvalue weighted by Crippen LogP contribution is 2.54. The average molecular weight is 263 g/mol. The number of benzene rings is 1. The third-order valence-corrected chi connectivity index (χ3v) is 4.13. The molecule has 1 heterocycles. The summed E-state index contributed by atoms with van der Waals surface area (Å²) in [7, 11) is 0. The second-order valence-corrected chi connectivity index (χ2v) is 5.28. The van der Waals surface area contributed by atoms with Gasteiger partial charge < -0.3 is 9.47 Å². The van der Waals surface area contributed by atoms with Crippen molar-refractivity contribution >= 4 is 17.8 Å². The maximum atomic E-state index is 10.6. The van der Waals surface area contributed by atoms with E-state index in [1.54, 1.807) is 17.8 Å². The smallest absolute Gasteiger partial charge is 0.235 e. The van der Waals surface area contributed by atoms with Crippen LogP contribution in [0.3, 0.4) is 0 Å². The molecule has 5 heteroatoms. The van der Waals surface area contributed by atoms with E-state index in [-0.39, 0.29) is 5.54 Å². The Morgan fingerprint density at radius 3 is 2.50 bits per heavy atom. The van der Waals surface area contributed by atoms with Crippen LogP contribution in [-0.4, -0.2) is 25.5 Å². The molecule has 1 aromatic carbocycles. The molecular formula is C13H13NO3S. The molecular weight excluding hydrogens is 250 g/mol. The molecule has 1 aliphatic heterocycles. The number of carbonyl (C=O) groups excluding carboxylic acids is 1. The lowest BCUT2D eigenvalue weighted by Gasteiger charge is -2.22. The van der Waals surface area contributed by atoms with Crippen molar-refractivity contribution in [1.82, 2.24) is 0 Å². The van der Waals surface area contributed by atoms with Gasteiger partial charge in [0.15, 0.2) is 11.5 Å². The van der Waals surface area contributed by atoms with Crippen LogP contribution in [-0.2, 0) is 10.3 Å². The SMILES string of the molecule is CSc1cc2c(cc1C1(N=C=O)CC1)OCCO2. The number of hydrogen-bond acceptors (Lipinski definition) is 5. The van der Waals surface area contributed by atoms with Crippen molar-refractivity contribution < 1.29 is 14.3 Å². The molecule has 18 heavy (non-hydrogen) atoms. The van der Waals surface area contributed by atoms with Crippen LogP contribution in [0.25, 0.3) is 0 Å². The van der Waals surface area contributed by atoms with Gasteiger partial charge in [0.05, 0.1) is 5.54 Å². The molecule has 0 N–H and O–H groups in total. The van der Waals surface area contributed by atoms with Gasteiger partial charge in [-0.2, -0.15) is 4.99 Å². The molecule has 0 aromatic heterocycles. The van der Waals surface area contributed by atoms with Gasteiger partial charge in [0.25, 0.3) is 0 Å². The van der Waals surface area contributed by atoms with E-state index < -0.39 is 0 Å². The molecule has 4 nitrogen and oxygen atoms in total. The number of rotatable bonds is 3. The van der Waals surface area contributed by atoms with Crippen LogP contribution in [0.2, 0.25) is 0 Å². The molecule has 0 amide bonds. The molecule has 0 saturated heterocycles. The van der Waals surface area contributed by atoms with Gasteiger partial charge in [-0.15, -0.1) is 11.8 Å². The molecule has 1 aromatic rings. The van der Waals surface area contributed by atoms with Crippen molar-refractivity contribution in [3.8, 4) is 11.5 Å². The maximum Gasteiger partial charge on any atom is 0.235 e. The first-order valence-corrected chi connectivity index (χ1v) is 7.09. The second-order valence-electron chi connectivity index (χ2n) is 4.43. The predicted octanol–water partition coefficient (Wildman–Crippen LogP) is 2.50. The highest BCUT2D eigenvalue weighted by molar-refractivity contribution is 7.98. The minimum absolute atomic E-state index is 0.365. The van der Waals surface area contributed by atoms with Crippen LogP contribution in [0.1, 0.15) is 18.4 Å². The average Bonchev–Trinajstić information content (AvgIpc) is 3.18. The van der Waals surface area contributed by atoms with Gasteiger partial charge in [-0.1, -0.05) is 0 Å². The fourth-order valence-electron chi connectivity index (χ4n) is 2.25. The van der Waals surface area contributed by atoms with Gasteiger partial charge >= 0.3 is 0 Å². The number of ether oxygens (including phenoxy) is 2. The van der Waals surface area contributed by atoms with E-state index in [1.807, 2.05) is 18.4 Å². The molecule has 0 unspecified atom stereocenters. The number of aliphatic imine (C=N–C) groups is 1. The molecule has 1 fully saturated rings. The zero-order chi connectivity index (χ0) is 12.6. The highest BCUT2D eigenvalue weighted by atomic mass is 32.2. The fraction of sp³-hybridized carbons (Fsp3) is 0.462. The van der Waals surface area contributed by atoms with Crippen LogP contribution < -0.4 is 9.47 Å². The Morgan fingerprint density at radius 1 is 1.28 bits per heavy atom. The van der Waals surface area contributed by atoms with Crippen LogP contribution in [0.4, 0.5) is 0 Å². The van der Waals surface area contributed by atoms with Crippen LogP contribution >= 0.6 is 11.8 Å². The molecule has 0 radical (unpaired) electrons. The predicted molar refractivity (Wildman–Crippen MR) is 68.2 cm³/mol. The lowest BCUT2D eigenvalue weighted by atomic mass is 10.0. The first-order chi connectivity index (χ1) is 8.79. The van der Waals surface area contributed by atoms with E-state index in [0.29, 0.717) is 13.2 Å². The molecule has 0 bridgehead atoms. The molecule has 94 valence electrons. The lowest BCUT2D eigenvalue weighted by molar-refractivity contribution is 0.170. The highest BCUT2D eigenvalue weighted by Gasteiger charge is 2.46. The van der Waals surface area contributed by atoms with Crippen molar-refractivity contribution in [2.45, 2.75) is 23.3 Å². The van der Waals surface area contributed by atoms with Crippen LogP contribution in [0.5, 0.6) is 11.5 Å². The summed E-state index contributed by atoms with van der Waals surface area (Å²) in [6.07, 6.45) is 5.50. The third kappa shape index (κ3) is 1.80. The van der Waals surface area contributed by atoms with E-state index in [1.165, 1.54) is 0 Å². The quantitative estimate of drug-likeness (QED) is 0.477. The van der Waals surface area contributed by atoms with Crippen molar-refractivity contribution in [3.05, 3.63) is 17.7 Å². The van der Waals surface area contributed by atoms with Gasteiger partial charge in [-0.3, -0.25) is 0 Å². The zero-order valence-corrected chi connectivity index (χ0v) is 10.9. The van der Waals surface area contributed by atoms with Gasteiger partial charge in [0, 0.05) is 4.90 Å². The lowest BCUT2D eigenvalue weighted by Crippen LogP contribution is -2.16. The minimum atomic E-state index is -0.365. The summed E-state index contributed by atoms with van der Waals surface area (Å²) in [6, 6.07) is 3.95. The zero-order valence-electron chi connectivity index (χ0n) is 10.1. The Balaban J connectivity index is 2.10. The first-order valence-electron chi connectivity index (χ1n) is 5.86. The number of thioether (sulfide) groups is 1. The Hall–Kier alpha value is -1.45. The van der Waals surface area contributed by atoms with Crippen molar-refractivity contribution in [2.24, 2.45) is 4.99 Å². The van der Waals surface area contributed by atoms with E-state index in [9.17, 15) is 4.79 Å². The molecule has 1 saturated carbocycles. The fourth-order valence-corrected chi connectivity index (χ4v) is 2.94. The molecule has 0 atom stereocenters. The monoisotopic (exact) mass is 263 g/mol. The van der Waals surface area contributed by atoms with Crippen molar-refractivity contribution in [3.63, 3.8) is 0 Å². The molecule has 0 spiro atoms. The first kappa shape index (κ1) is 11.6. The standard InChI is InChI=1S/C13H13NO3S/c1-18-12-7-11-10(16-4-5-17-11)6-9(12)13(2-3-13)14-8-15/h6-7H,2-5H2,1H3. The minimum Gasteiger partial charge on any atom is -0.486 e. The number of hydrogen-bond donors (Lipinski definition) is 0. The van der Waals surface area contributed by atoms with E-state index in [0.717, 1.165) is 34.8 Å². The Labute approximate surface area is 109 Å². The summed E-state index contributed by atoms with van der Waals surface area (Å²) >= 11 is 1.64. The van der Waals surface area contributed by atoms with Gasteiger partial charge in [0.1, 0.15) is 13.2 Å². The normalized spacial score (nSPS) is 18.9. The van der Waals surface area contributed by atoms with Crippen LogP contribution in [0, 0.1) is 0 Å².